The first-order chi connectivity index (χ1) is 12.2. The lowest BCUT2D eigenvalue weighted by Gasteiger charge is -2.17. The summed E-state index contributed by atoms with van der Waals surface area (Å²) in [7, 11) is 0. The van der Waals surface area contributed by atoms with E-state index in [0.29, 0.717) is 19.1 Å². The molecule has 7 heteroatoms. The Morgan fingerprint density at radius 3 is 2.92 bits per heavy atom. The third-order valence-corrected chi connectivity index (χ3v) is 5.14. The van der Waals surface area contributed by atoms with Gasteiger partial charge in [-0.3, -0.25) is 9.36 Å². The molecule has 0 saturated heterocycles. The first kappa shape index (κ1) is 16.2. The van der Waals surface area contributed by atoms with E-state index in [1.807, 2.05) is 25.3 Å². The first-order valence-corrected chi connectivity index (χ1v) is 9.31. The SMILES string of the molecule is CCCn1nc2n(c1=O)CCC(NC(=O)c1cccn1C1CC1)CC2. The third-order valence-electron chi connectivity index (χ3n) is 5.14. The van der Waals surface area contributed by atoms with Crippen LogP contribution in [0.4, 0.5) is 0 Å². The zero-order valence-electron chi connectivity index (χ0n) is 14.6. The smallest absolute Gasteiger partial charge is 0.345 e. The molecular formula is C18H25N5O2. The quantitative estimate of drug-likeness (QED) is 0.898. The number of nitrogens with zero attached hydrogens (tertiary/aromatic N) is 4. The summed E-state index contributed by atoms with van der Waals surface area (Å²) in [5, 5.41) is 7.62. The molecule has 0 radical (unpaired) electrons. The minimum atomic E-state index is -0.0218. The maximum Gasteiger partial charge on any atom is 0.345 e. The molecule has 1 aliphatic carbocycles. The number of fused-ring (bicyclic) bond motifs is 1. The highest BCUT2D eigenvalue weighted by Gasteiger charge is 2.28. The molecular weight excluding hydrogens is 318 g/mol. The summed E-state index contributed by atoms with van der Waals surface area (Å²) in [5.74, 6) is 0.835. The summed E-state index contributed by atoms with van der Waals surface area (Å²) in [6.45, 7) is 3.32. The van der Waals surface area contributed by atoms with Crippen molar-refractivity contribution in [3.8, 4) is 0 Å². The molecule has 25 heavy (non-hydrogen) atoms. The number of hydrogen-bond donors (Lipinski definition) is 1. The Labute approximate surface area is 146 Å². The highest BCUT2D eigenvalue weighted by molar-refractivity contribution is 5.93. The molecule has 1 saturated carbocycles. The molecule has 2 aliphatic rings. The van der Waals surface area contributed by atoms with Crippen LogP contribution in [-0.4, -0.2) is 30.9 Å². The molecule has 1 aliphatic heterocycles. The maximum absolute atomic E-state index is 12.6. The lowest BCUT2D eigenvalue weighted by Crippen LogP contribution is -2.36. The van der Waals surface area contributed by atoms with Crippen LogP contribution in [-0.2, 0) is 19.5 Å². The van der Waals surface area contributed by atoms with Crippen LogP contribution < -0.4 is 11.0 Å². The molecule has 1 N–H and O–H groups in total. The fourth-order valence-electron chi connectivity index (χ4n) is 3.65. The molecule has 1 fully saturated rings. The van der Waals surface area contributed by atoms with E-state index in [4.69, 9.17) is 0 Å². The van der Waals surface area contributed by atoms with Crippen molar-refractivity contribution in [3.05, 3.63) is 40.3 Å². The van der Waals surface area contributed by atoms with E-state index in [-0.39, 0.29) is 17.6 Å². The van der Waals surface area contributed by atoms with E-state index in [9.17, 15) is 9.59 Å². The predicted molar refractivity (Wildman–Crippen MR) is 93.7 cm³/mol. The van der Waals surface area contributed by atoms with Crippen LogP contribution in [0, 0.1) is 0 Å². The van der Waals surface area contributed by atoms with Gasteiger partial charge in [-0.05, 0) is 44.2 Å². The predicted octanol–water partition coefficient (Wildman–Crippen LogP) is 1.73. The van der Waals surface area contributed by atoms with E-state index < -0.39 is 0 Å². The van der Waals surface area contributed by atoms with Crippen molar-refractivity contribution in [2.24, 2.45) is 0 Å². The van der Waals surface area contributed by atoms with Crippen molar-refractivity contribution in [2.75, 3.05) is 0 Å². The Kier molecular flexibility index (Phi) is 4.23. The minimum Gasteiger partial charge on any atom is -0.348 e. The number of aromatic nitrogens is 4. The number of aryl methyl sites for hydroxylation is 2. The first-order valence-electron chi connectivity index (χ1n) is 9.31. The van der Waals surface area contributed by atoms with Crippen LogP contribution in [0.5, 0.6) is 0 Å². The monoisotopic (exact) mass is 343 g/mol. The summed E-state index contributed by atoms with van der Waals surface area (Å²) in [6.07, 6.45) is 7.51. The molecule has 7 nitrogen and oxygen atoms in total. The van der Waals surface area contributed by atoms with Gasteiger partial charge in [-0.2, -0.15) is 5.10 Å². The zero-order valence-corrected chi connectivity index (χ0v) is 14.6. The Morgan fingerprint density at radius 2 is 2.16 bits per heavy atom. The fraction of sp³-hybridized carbons (Fsp3) is 0.611. The maximum atomic E-state index is 12.6. The molecule has 3 heterocycles. The fourth-order valence-corrected chi connectivity index (χ4v) is 3.65. The van der Waals surface area contributed by atoms with Gasteiger partial charge < -0.3 is 9.88 Å². The Balaban J connectivity index is 1.42. The van der Waals surface area contributed by atoms with E-state index in [0.717, 1.165) is 50.0 Å². The third kappa shape index (κ3) is 3.15. The van der Waals surface area contributed by atoms with Crippen LogP contribution in [0.3, 0.4) is 0 Å². The van der Waals surface area contributed by atoms with Gasteiger partial charge in [0.15, 0.2) is 0 Å². The van der Waals surface area contributed by atoms with E-state index in [1.165, 1.54) is 0 Å². The van der Waals surface area contributed by atoms with Crippen molar-refractivity contribution < 1.29 is 4.79 Å². The van der Waals surface area contributed by atoms with Crippen molar-refractivity contribution in [2.45, 2.75) is 70.6 Å². The second kappa shape index (κ2) is 6.54. The van der Waals surface area contributed by atoms with E-state index >= 15 is 0 Å². The van der Waals surface area contributed by atoms with Crippen LogP contribution in [0.1, 0.15) is 61.4 Å². The number of carbonyl (C=O) groups is 1. The highest BCUT2D eigenvalue weighted by atomic mass is 16.2. The molecule has 0 spiro atoms. The Morgan fingerprint density at radius 1 is 1.32 bits per heavy atom. The lowest BCUT2D eigenvalue weighted by atomic mass is 10.1. The molecule has 1 amide bonds. The van der Waals surface area contributed by atoms with Crippen LogP contribution in [0.15, 0.2) is 23.1 Å². The summed E-state index contributed by atoms with van der Waals surface area (Å²) in [6, 6.07) is 4.40. The number of amides is 1. The number of rotatable bonds is 5. The standard InChI is InChI=1S/C18H25N5O2/c1-2-10-23-18(25)22-12-9-13(5-8-16(22)20-23)19-17(24)15-4-3-11-21(15)14-6-7-14/h3-4,11,13-14H,2,5-10,12H2,1H3,(H,19,24). The van der Waals surface area contributed by atoms with Crippen molar-refractivity contribution in [3.63, 3.8) is 0 Å². The lowest BCUT2D eigenvalue weighted by molar-refractivity contribution is 0.0923. The Hall–Kier alpha value is -2.31. The second-order valence-corrected chi connectivity index (χ2v) is 7.10. The topological polar surface area (TPSA) is 73.8 Å². The van der Waals surface area contributed by atoms with Gasteiger partial charge in [0.25, 0.3) is 5.91 Å². The van der Waals surface area contributed by atoms with E-state index in [1.54, 1.807) is 9.25 Å². The number of carbonyl (C=O) groups excluding carboxylic acids is 1. The van der Waals surface area contributed by atoms with Gasteiger partial charge in [-0.1, -0.05) is 6.92 Å². The highest BCUT2D eigenvalue weighted by Crippen LogP contribution is 2.36. The molecule has 2 aromatic heterocycles. The number of hydrogen-bond acceptors (Lipinski definition) is 3. The van der Waals surface area contributed by atoms with Gasteiger partial charge in [0, 0.05) is 37.8 Å². The number of nitrogens with one attached hydrogen (secondary N) is 1. The normalized spacial score (nSPS) is 20.1. The minimum absolute atomic E-state index is 0.00941. The molecule has 2 aromatic rings. The van der Waals surface area contributed by atoms with Crippen molar-refractivity contribution >= 4 is 5.91 Å². The van der Waals surface area contributed by atoms with Crippen LogP contribution in [0.25, 0.3) is 0 Å². The van der Waals surface area contributed by atoms with Gasteiger partial charge >= 0.3 is 5.69 Å². The van der Waals surface area contributed by atoms with Gasteiger partial charge in [0.1, 0.15) is 11.5 Å². The Bertz CT molecular complexity index is 827. The molecule has 1 unspecified atom stereocenters. The molecule has 0 bridgehead atoms. The molecule has 4 rings (SSSR count). The van der Waals surface area contributed by atoms with Crippen molar-refractivity contribution in [1.82, 2.24) is 24.2 Å². The average molecular weight is 343 g/mol. The molecule has 1 atom stereocenters. The van der Waals surface area contributed by atoms with Gasteiger partial charge in [-0.15, -0.1) is 0 Å². The van der Waals surface area contributed by atoms with Gasteiger partial charge in [-0.25, -0.2) is 9.48 Å². The molecule has 0 aromatic carbocycles. The summed E-state index contributed by atoms with van der Waals surface area (Å²) in [5.41, 5.74) is 0.723. The zero-order chi connectivity index (χ0) is 17.4. The second-order valence-electron chi connectivity index (χ2n) is 7.10. The van der Waals surface area contributed by atoms with Crippen LogP contribution >= 0.6 is 0 Å². The van der Waals surface area contributed by atoms with Gasteiger partial charge in [0.05, 0.1) is 0 Å². The summed E-state index contributed by atoms with van der Waals surface area (Å²) < 4.78 is 5.42. The van der Waals surface area contributed by atoms with Crippen molar-refractivity contribution in [1.29, 1.82) is 0 Å². The molecule has 134 valence electrons. The summed E-state index contributed by atoms with van der Waals surface area (Å²) in [4.78, 5) is 25.0. The average Bonchev–Trinajstić information content (AvgIpc) is 3.30. The summed E-state index contributed by atoms with van der Waals surface area (Å²) >= 11 is 0. The van der Waals surface area contributed by atoms with E-state index in [2.05, 4.69) is 15.0 Å². The van der Waals surface area contributed by atoms with Gasteiger partial charge in [0.2, 0.25) is 0 Å². The van der Waals surface area contributed by atoms with Crippen LogP contribution in [0.2, 0.25) is 0 Å². The largest absolute Gasteiger partial charge is 0.348 e.